The molecule has 6 nitrogen and oxygen atoms in total. The Balaban J connectivity index is 1.52. The fourth-order valence-electron chi connectivity index (χ4n) is 4.09. The van der Waals surface area contributed by atoms with Crippen molar-refractivity contribution in [3.63, 3.8) is 0 Å². The lowest BCUT2D eigenvalue weighted by Crippen LogP contribution is -2.32. The summed E-state index contributed by atoms with van der Waals surface area (Å²) in [4.78, 5) is 52.1. The van der Waals surface area contributed by atoms with Crippen molar-refractivity contribution < 1.29 is 23.9 Å². The maximum absolute atomic E-state index is 12.9. The van der Waals surface area contributed by atoms with Crippen molar-refractivity contribution in [2.24, 2.45) is 11.8 Å². The van der Waals surface area contributed by atoms with Crippen LogP contribution in [0.3, 0.4) is 0 Å². The zero-order chi connectivity index (χ0) is 22.1. The lowest BCUT2D eigenvalue weighted by Gasteiger charge is -2.18. The van der Waals surface area contributed by atoms with Crippen LogP contribution in [0.1, 0.15) is 44.7 Å². The molecule has 1 aliphatic carbocycles. The van der Waals surface area contributed by atoms with E-state index in [0.29, 0.717) is 18.4 Å². The van der Waals surface area contributed by atoms with E-state index in [2.05, 4.69) is 0 Å². The lowest BCUT2D eigenvalue weighted by molar-refractivity contribution is -0.122. The largest absolute Gasteiger partial charge is 0.454 e. The Kier molecular flexibility index (Phi) is 5.55. The Hall–Kier alpha value is -3.54. The molecule has 2 aliphatic rings. The Labute approximate surface area is 180 Å². The number of benzene rings is 2. The number of hydrogen-bond acceptors (Lipinski definition) is 5. The molecule has 1 fully saturated rings. The predicted octanol–water partition coefficient (Wildman–Crippen LogP) is 3.80. The van der Waals surface area contributed by atoms with Crippen LogP contribution in [0.15, 0.2) is 54.6 Å². The first-order valence-corrected chi connectivity index (χ1v) is 10.3. The number of amides is 2. The number of imide groups is 1. The number of para-hydroxylation sites is 1. The van der Waals surface area contributed by atoms with E-state index >= 15 is 0 Å². The minimum Gasteiger partial charge on any atom is -0.454 e. The highest BCUT2D eigenvalue weighted by Gasteiger charge is 2.48. The van der Waals surface area contributed by atoms with Gasteiger partial charge in [0.2, 0.25) is 11.8 Å². The molecule has 1 saturated heterocycles. The number of aryl methyl sites for hydroxylation is 2. The zero-order valence-electron chi connectivity index (χ0n) is 17.5. The number of carbonyl (C=O) groups is 4. The van der Waals surface area contributed by atoms with Crippen LogP contribution in [0.4, 0.5) is 5.69 Å². The number of hydrogen-bond donors (Lipinski definition) is 0. The van der Waals surface area contributed by atoms with Crippen LogP contribution in [0.25, 0.3) is 0 Å². The summed E-state index contributed by atoms with van der Waals surface area (Å²) < 4.78 is 5.25. The summed E-state index contributed by atoms with van der Waals surface area (Å²) in [5.41, 5.74) is 2.80. The van der Waals surface area contributed by atoms with Gasteiger partial charge in [0.25, 0.3) is 0 Å². The number of nitrogens with zero attached hydrogens (tertiary/aromatic N) is 1. The normalized spacial score (nSPS) is 20.0. The topological polar surface area (TPSA) is 80.8 Å². The first-order valence-electron chi connectivity index (χ1n) is 10.3. The maximum Gasteiger partial charge on any atom is 0.340 e. The SMILES string of the molecule is Cc1ccc(C(=O)COC(=O)c2ccccc2N2C(=O)[C@H]3CC=CC[C@H]3C2=O)cc1C. The van der Waals surface area contributed by atoms with E-state index in [9.17, 15) is 19.2 Å². The van der Waals surface area contributed by atoms with Gasteiger partial charge in [-0.3, -0.25) is 14.4 Å². The second-order valence-electron chi connectivity index (χ2n) is 7.98. The highest BCUT2D eigenvalue weighted by molar-refractivity contribution is 6.24. The number of esters is 1. The molecule has 158 valence electrons. The van der Waals surface area contributed by atoms with Crippen molar-refractivity contribution in [2.75, 3.05) is 11.5 Å². The van der Waals surface area contributed by atoms with E-state index in [1.54, 1.807) is 30.3 Å². The maximum atomic E-state index is 12.9. The van der Waals surface area contributed by atoms with Crippen LogP contribution >= 0.6 is 0 Å². The van der Waals surface area contributed by atoms with Crippen LogP contribution < -0.4 is 4.90 Å². The number of rotatable bonds is 5. The Morgan fingerprint density at radius 1 is 0.935 bits per heavy atom. The second-order valence-corrected chi connectivity index (χ2v) is 7.98. The summed E-state index contributed by atoms with van der Waals surface area (Å²) in [6.45, 7) is 3.44. The molecule has 0 saturated carbocycles. The van der Waals surface area contributed by atoms with E-state index in [4.69, 9.17) is 4.74 Å². The molecule has 0 bridgehead atoms. The van der Waals surface area contributed by atoms with E-state index in [1.807, 2.05) is 32.1 Å². The summed E-state index contributed by atoms with van der Waals surface area (Å²) in [7, 11) is 0. The van der Waals surface area contributed by atoms with Gasteiger partial charge in [0, 0.05) is 5.56 Å². The standard InChI is InChI=1S/C25H23NO5/c1-15-11-12-17(13-16(15)2)22(27)14-31-25(30)20-9-5-6-10-21(20)26-23(28)18-7-3-4-8-19(18)24(26)29/h3-6,9-13,18-19H,7-8,14H2,1-2H3/t18-,19+. The number of fused-ring (bicyclic) bond motifs is 1. The average Bonchev–Trinajstić information content (AvgIpc) is 3.04. The van der Waals surface area contributed by atoms with Crippen molar-refractivity contribution in [1.82, 2.24) is 0 Å². The highest BCUT2D eigenvalue weighted by Crippen LogP contribution is 2.38. The van der Waals surface area contributed by atoms with Gasteiger partial charge in [0.1, 0.15) is 0 Å². The second kappa shape index (κ2) is 8.30. The molecule has 2 amide bonds. The number of ketones is 1. The van der Waals surface area contributed by atoms with Crippen LogP contribution in [-0.2, 0) is 14.3 Å². The monoisotopic (exact) mass is 417 g/mol. The summed E-state index contributed by atoms with van der Waals surface area (Å²) in [6, 6.07) is 11.7. The molecule has 2 aromatic carbocycles. The fourth-order valence-corrected chi connectivity index (χ4v) is 4.09. The van der Waals surface area contributed by atoms with Gasteiger partial charge in [0.15, 0.2) is 12.4 Å². The van der Waals surface area contributed by atoms with Gasteiger partial charge in [0.05, 0.1) is 23.1 Å². The van der Waals surface area contributed by atoms with Crippen LogP contribution in [0, 0.1) is 25.7 Å². The third-order valence-corrected chi connectivity index (χ3v) is 6.04. The number of anilines is 1. The van der Waals surface area contributed by atoms with Crippen LogP contribution in [0.5, 0.6) is 0 Å². The van der Waals surface area contributed by atoms with Crippen LogP contribution in [0.2, 0.25) is 0 Å². The molecule has 4 rings (SSSR count). The van der Waals surface area contributed by atoms with Crippen molar-refractivity contribution >= 4 is 29.3 Å². The number of carbonyl (C=O) groups excluding carboxylic acids is 4. The molecule has 0 spiro atoms. The predicted molar refractivity (Wildman–Crippen MR) is 115 cm³/mol. The molecule has 0 radical (unpaired) electrons. The van der Waals surface area contributed by atoms with E-state index < -0.39 is 24.4 Å². The molecule has 1 aliphatic heterocycles. The van der Waals surface area contributed by atoms with Gasteiger partial charge < -0.3 is 4.74 Å². The summed E-state index contributed by atoms with van der Waals surface area (Å²) in [5.74, 6) is -2.46. The van der Waals surface area contributed by atoms with E-state index in [-0.39, 0.29) is 28.8 Å². The molecular weight excluding hydrogens is 394 g/mol. The Morgan fingerprint density at radius 2 is 1.58 bits per heavy atom. The van der Waals surface area contributed by atoms with Crippen molar-refractivity contribution in [1.29, 1.82) is 0 Å². The average molecular weight is 417 g/mol. The molecule has 0 aromatic heterocycles. The van der Waals surface area contributed by atoms with Gasteiger partial charge in [-0.15, -0.1) is 0 Å². The van der Waals surface area contributed by atoms with Gasteiger partial charge >= 0.3 is 5.97 Å². The van der Waals surface area contributed by atoms with Gasteiger partial charge in [-0.05, 0) is 56.0 Å². The molecular formula is C25H23NO5. The summed E-state index contributed by atoms with van der Waals surface area (Å²) in [6.07, 6.45) is 4.86. The van der Waals surface area contributed by atoms with Gasteiger partial charge in [-0.2, -0.15) is 0 Å². The first kappa shape index (κ1) is 20.7. The molecule has 0 unspecified atom stereocenters. The smallest absolute Gasteiger partial charge is 0.340 e. The molecule has 31 heavy (non-hydrogen) atoms. The Bertz CT molecular complexity index is 1090. The molecule has 0 N–H and O–H groups in total. The molecule has 1 heterocycles. The third kappa shape index (κ3) is 3.81. The lowest BCUT2D eigenvalue weighted by atomic mass is 9.85. The van der Waals surface area contributed by atoms with Gasteiger partial charge in [-0.1, -0.05) is 36.4 Å². The number of allylic oxidation sites excluding steroid dienone is 2. The highest BCUT2D eigenvalue weighted by atomic mass is 16.5. The molecule has 2 atom stereocenters. The first-order chi connectivity index (χ1) is 14.9. The number of Topliss-reactive ketones (excluding diaryl/α,β-unsaturated/α-hetero) is 1. The Morgan fingerprint density at radius 3 is 2.23 bits per heavy atom. The third-order valence-electron chi connectivity index (χ3n) is 6.04. The van der Waals surface area contributed by atoms with Crippen molar-refractivity contribution in [2.45, 2.75) is 26.7 Å². The quantitative estimate of drug-likeness (QED) is 0.320. The van der Waals surface area contributed by atoms with Crippen molar-refractivity contribution in [3.05, 3.63) is 76.9 Å². The van der Waals surface area contributed by atoms with Crippen molar-refractivity contribution in [3.8, 4) is 0 Å². The molecule has 2 aromatic rings. The minimum atomic E-state index is -0.749. The summed E-state index contributed by atoms with van der Waals surface area (Å²) >= 11 is 0. The molecule has 6 heteroatoms. The van der Waals surface area contributed by atoms with E-state index in [0.717, 1.165) is 16.0 Å². The van der Waals surface area contributed by atoms with E-state index in [1.165, 1.54) is 6.07 Å². The summed E-state index contributed by atoms with van der Waals surface area (Å²) in [5, 5.41) is 0. The van der Waals surface area contributed by atoms with Gasteiger partial charge in [-0.25, -0.2) is 9.69 Å². The fraction of sp³-hybridized carbons (Fsp3) is 0.280. The minimum absolute atomic E-state index is 0.0868. The number of ether oxygens (including phenoxy) is 1. The zero-order valence-corrected chi connectivity index (χ0v) is 17.5. The van der Waals surface area contributed by atoms with Crippen LogP contribution in [-0.4, -0.2) is 30.2 Å².